The molecule has 194 valence electrons. The number of carbonyl (C=O) groups excluding carboxylic acids is 2. The van der Waals surface area contributed by atoms with Crippen molar-refractivity contribution in [3.8, 4) is 11.5 Å². The van der Waals surface area contributed by atoms with Crippen LogP contribution in [0.3, 0.4) is 0 Å². The number of ether oxygens (including phenoxy) is 2. The fourth-order valence-electron chi connectivity index (χ4n) is 3.75. The number of nitrogens with zero attached hydrogens (tertiary/aromatic N) is 2. The number of carbonyl (C=O) groups is 2. The molecule has 0 unspecified atom stereocenters. The molecule has 0 aliphatic rings. The molecule has 1 N–H and O–H groups in total. The Morgan fingerprint density at radius 1 is 0.553 bits per heavy atom. The molecule has 0 radical (unpaired) electrons. The van der Waals surface area contributed by atoms with Crippen LogP contribution in [0.5, 0.6) is 11.5 Å². The molecule has 0 fully saturated rings. The predicted molar refractivity (Wildman–Crippen MR) is 148 cm³/mol. The minimum absolute atomic E-state index is 0.378. The first kappa shape index (κ1) is 26.4. The summed E-state index contributed by atoms with van der Waals surface area (Å²) in [6.07, 6.45) is -0.901. The summed E-state index contributed by atoms with van der Waals surface area (Å²) in [5, 5.41) is 10.8. The van der Waals surface area contributed by atoms with Gasteiger partial charge in [-0.15, -0.1) is 0 Å². The number of aliphatic hydroxyl groups is 1. The zero-order valence-electron chi connectivity index (χ0n) is 21.8. The van der Waals surface area contributed by atoms with Gasteiger partial charge in [-0.3, -0.25) is 0 Å². The largest absolute Gasteiger partial charge is 0.423 e. The fourth-order valence-corrected chi connectivity index (χ4v) is 3.75. The standard InChI is InChI=1S/C31H30N2O5/c1-32(2)25-13-5-23(6-14-25)30(35)37-27-17-9-21(10-18-27)29(34)22-11-19-28(20-12-22)38-31(36)24-7-15-26(16-8-24)33(3)4/h5-20,29,34H,1-4H3. The maximum Gasteiger partial charge on any atom is 0.343 e. The molecule has 0 amide bonds. The molecule has 0 atom stereocenters. The monoisotopic (exact) mass is 510 g/mol. The van der Waals surface area contributed by atoms with E-state index in [1.807, 2.05) is 62.3 Å². The second kappa shape index (κ2) is 11.6. The highest BCUT2D eigenvalue weighted by molar-refractivity contribution is 5.92. The Morgan fingerprint density at radius 3 is 1.16 bits per heavy atom. The van der Waals surface area contributed by atoms with E-state index in [-0.39, 0.29) is 0 Å². The number of hydrogen-bond donors (Lipinski definition) is 1. The Bertz CT molecular complexity index is 1270. The quantitative estimate of drug-likeness (QED) is 0.253. The van der Waals surface area contributed by atoms with E-state index in [4.69, 9.17) is 9.47 Å². The molecule has 0 saturated carbocycles. The molecule has 4 rings (SSSR count). The molecule has 7 nitrogen and oxygen atoms in total. The van der Waals surface area contributed by atoms with Crippen molar-refractivity contribution < 1.29 is 24.2 Å². The van der Waals surface area contributed by atoms with Gasteiger partial charge < -0.3 is 24.4 Å². The van der Waals surface area contributed by atoms with Crippen LogP contribution in [0.1, 0.15) is 37.9 Å². The number of benzene rings is 4. The van der Waals surface area contributed by atoms with E-state index in [1.54, 1.807) is 72.8 Å². The zero-order valence-corrected chi connectivity index (χ0v) is 21.8. The predicted octanol–water partition coefficient (Wildman–Crippen LogP) is 5.34. The van der Waals surface area contributed by atoms with Gasteiger partial charge in [-0.1, -0.05) is 24.3 Å². The second-order valence-electron chi connectivity index (χ2n) is 9.20. The maximum absolute atomic E-state index is 12.5. The van der Waals surface area contributed by atoms with Gasteiger partial charge in [0.15, 0.2) is 0 Å². The van der Waals surface area contributed by atoms with Crippen LogP contribution in [0.25, 0.3) is 0 Å². The molecule has 0 aliphatic heterocycles. The van der Waals surface area contributed by atoms with Gasteiger partial charge in [-0.25, -0.2) is 9.59 Å². The Morgan fingerprint density at radius 2 is 0.868 bits per heavy atom. The van der Waals surface area contributed by atoms with Crippen LogP contribution < -0.4 is 19.3 Å². The highest BCUT2D eigenvalue weighted by Gasteiger charge is 2.14. The van der Waals surface area contributed by atoms with Crippen LogP contribution in [-0.4, -0.2) is 45.2 Å². The van der Waals surface area contributed by atoms with E-state index < -0.39 is 18.0 Å². The SMILES string of the molecule is CN(C)c1ccc(C(=O)Oc2ccc(C(O)c3ccc(OC(=O)c4ccc(N(C)C)cc4)cc3)cc2)cc1. The van der Waals surface area contributed by atoms with Gasteiger partial charge in [-0.05, 0) is 83.9 Å². The van der Waals surface area contributed by atoms with Crippen molar-refractivity contribution in [2.75, 3.05) is 38.0 Å². The highest BCUT2D eigenvalue weighted by Crippen LogP contribution is 2.26. The summed E-state index contributed by atoms with van der Waals surface area (Å²) in [7, 11) is 7.72. The third-order valence-corrected chi connectivity index (χ3v) is 6.05. The van der Waals surface area contributed by atoms with Crippen molar-refractivity contribution in [1.29, 1.82) is 0 Å². The van der Waals surface area contributed by atoms with Crippen LogP contribution >= 0.6 is 0 Å². The van der Waals surface area contributed by atoms with Crippen LogP contribution in [0.2, 0.25) is 0 Å². The lowest BCUT2D eigenvalue weighted by Crippen LogP contribution is -2.11. The first-order valence-corrected chi connectivity index (χ1v) is 12.1. The Labute approximate surface area is 222 Å². The summed E-state index contributed by atoms with van der Waals surface area (Å²) < 4.78 is 10.9. The summed E-state index contributed by atoms with van der Waals surface area (Å²) in [5.74, 6) is -0.156. The fraction of sp³-hybridized carbons (Fsp3) is 0.161. The smallest absolute Gasteiger partial charge is 0.343 e. The Kier molecular flexibility index (Phi) is 8.09. The third kappa shape index (κ3) is 6.38. The van der Waals surface area contributed by atoms with E-state index in [2.05, 4.69) is 0 Å². The molecular weight excluding hydrogens is 480 g/mol. The first-order chi connectivity index (χ1) is 18.2. The highest BCUT2D eigenvalue weighted by atomic mass is 16.5. The van der Waals surface area contributed by atoms with Gasteiger partial charge in [0.1, 0.15) is 17.6 Å². The minimum atomic E-state index is -0.901. The molecule has 38 heavy (non-hydrogen) atoms. The zero-order chi connectivity index (χ0) is 27.2. The van der Waals surface area contributed by atoms with Crippen LogP contribution in [0.4, 0.5) is 11.4 Å². The lowest BCUT2D eigenvalue weighted by molar-refractivity contribution is 0.0725. The number of hydrogen-bond acceptors (Lipinski definition) is 7. The van der Waals surface area contributed by atoms with E-state index in [0.717, 1.165) is 11.4 Å². The van der Waals surface area contributed by atoms with Crippen molar-refractivity contribution in [3.63, 3.8) is 0 Å². The molecule has 0 spiro atoms. The average molecular weight is 511 g/mol. The van der Waals surface area contributed by atoms with E-state index in [1.165, 1.54) is 0 Å². The molecule has 0 aromatic heterocycles. The van der Waals surface area contributed by atoms with E-state index in [9.17, 15) is 14.7 Å². The Hall–Kier alpha value is -4.62. The molecule has 7 heteroatoms. The minimum Gasteiger partial charge on any atom is -0.423 e. The van der Waals surface area contributed by atoms with Crippen molar-refractivity contribution in [2.24, 2.45) is 0 Å². The molecule has 0 saturated heterocycles. The first-order valence-electron chi connectivity index (χ1n) is 12.1. The van der Waals surface area contributed by atoms with Crippen molar-refractivity contribution in [1.82, 2.24) is 0 Å². The van der Waals surface area contributed by atoms with Gasteiger partial charge in [0.2, 0.25) is 0 Å². The molecule has 4 aromatic carbocycles. The number of rotatable bonds is 8. The van der Waals surface area contributed by atoms with Crippen LogP contribution in [0, 0.1) is 0 Å². The molecular formula is C31H30N2O5. The van der Waals surface area contributed by atoms with Crippen LogP contribution in [-0.2, 0) is 0 Å². The van der Waals surface area contributed by atoms with Crippen LogP contribution in [0.15, 0.2) is 97.1 Å². The van der Waals surface area contributed by atoms with Crippen molar-refractivity contribution in [3.05, 3.63) is 119 Å². The third-order valence-electron chi connectivity index (χ3n) is 6.05. The molecule has 0 heterocycles. The van der Waals surface area contributed by atoms with E-state index >= 15 is 0 Å². The number of esters is 2. The summed E-state index contributed by atoms with van der Waals surface area (Å²) >= 11 is 0. The molecule has 4 aromatic rings. The Balaban J connectivity index is 1.35. The maximum atomic E-state index is 12.5. The van der Waals surface area contributed by atoms with Crippen molar-refractivity contribution in [2.45, 2.75) is 6.10 Å². The van der Waals surface area contributed by atoms with Gasteiger partial charge >= 0.3 is 11.9 Å². The summed E-state index contributed by atoms with van der Waals surface area (Å²) in [6.45, 7) is 0. The normalized spacial score (nSPS) is 10.7. The number of aliphatic hydroxyl groups excluding tert-OH is 1. The summed E-state index contributed by atoms with van der Waals surface area (Å²) in [6, 6.07) is 27.7. The topological polar surface area (TPSA) is 79.3 Å². The van der Waals surface area contributed by atoms with Gasteiger partial charge in [0.05, 0.1) is 11.1 Å². The summed E-state index contributed by atoms with van der Waals surface area (Å²) in [4.78, 5) is 28.8. The van der Waals surface area contributed by atoms with Gasteiger partial charge in [0.25, 0.3) is 0 Å². The van der Waals surface area contributed by atoms with Crippen molar-refractivity contribution >= 4 is 23.3 Å². The number of anilines is 2. The van der Waals surface area contributed by atoms with Gasteiger partial charge in [0, 0.05) is 39.6 Å². The molecule has 0 aliphatic carbocycles. The average Bonchev–Trinajstić information content (AvgIpc) is 2.93. The van der Waals surface area contributed by atoms with E-state index in [0.29, 0.717) is 33.8 Å². The lowest BCUT2D eigenvalue weighted by atomic mass is 10.0. The summed E-state index contributed by atoms with van der Waals surface area (Å²) in [5.41, 5.74) is 4.14. The van der Waals surface area contributed by atoms with Gasteiger partial charge in [-0.2, -0.15) is 0 Å². The second-order valence-corrected chi connectivity index (χ2v) is 9.20. The lowest BCUT2D eigenvalue weighted by Gasteiger charge is -2.14. The molecule has 0 bridgehead atoms.